The molecule has 0 aliphatic carbocycles. The van der Waals surface area contributed by atoms with E-state index in [-0.39, 0.29) is 24.2 Å². The predicted molar refractivity (Wildman–Crippen MR) is 115 cm³/mol. The molecular weight excluding hydrogens is 443 g/mol. The van der Waals surface area contributed by atoms with E-state index in [2.05, 4.69) is 10.3 Å². The van der Waals surface area contributed by atoms with E-state index < -0.39 is 11.9 Å². The maximum absolute atomic E-state index is 13.2. The summed E-state index contributed by atoms with van der Waals surface area (Å²) in [5.41, 5.74) is 5.33. The van der Waals surface area contributed by atoms with Gasteiger partial charge >= 0.3 is 6.18 Å². The highest BCUT2D eigenvalue weighted by molar-refractivity contribution is 5.85. The molecule has 172 valence electrons. The zero-order chi connectivity index (χ0) is 21.8. The summed E-state index contributed by atoms with van der Waals surface area (Å²) in [7, 11) is 0. The summed E-state index contributed by atoms with van der Waals surface area (Å²) < 4.78 is 39.0. The maximum atomic E-state index is 13.2. The van der Waals surface area contributed by atoms with Gasteiger partial charge in [0.15, 0.2) is 0 Å². The summed E-state index contributed by atoms with van der Waals surface area (Å²) in [5.74, 6) is -0.173. The van der Waals surface area contributed by atoms with Crippen LogP contribution in [-0.4, -0.2) is 40.4 Å². The first-order chi connectivity index (χ1) is 14.8. The van der Waals surface area contributed by atoms with Crippen molar-refractivity contribution in [1.82, 2.24) is 20.2 Å². The Morgan fingerprint density at radius 2 is 2.03 bits per heavy atom. The van der Waals surface area contributed by atoms with Crippen LogP contribution in [0.15, 0.2) is 18.3 Å². The lowest BCUT2D eigenvalue weighted by molar-refractivity contribution is -0.141. The highest BCUT2D eigenvalue weighted by Crippen LogP contribution is 2.34. The Labute approximate surface area is 190 Å². The molecule has 3 aliphatic rings. The van der Waals surface area contributed by atoms with Crippen LogP contribution in [0.1, 0.15) is 40.2 Å². The average Bonchev–Trinajstić information content (AvgIpc) is 3.41. The minimum Gasteiger partial charge on any atom is -0.371 e. The Bertz CT molecular complexity index is 1040. The maximum Gasteiger partial charge on any atom is 0.433 e. The van der Waals surface area contributed by atoms with Gasteiger partial charge in [-0.1, -0.05) is 0 Å². The Morgan fingerprint density at radius 3 is 2.81 bits per heavy atom. The summed E-state index contributed by atoms with van der Waals surface area (Å²) >= 11 is 0. The number of nitrogens with zero attached hydrogens (tertiary/aromatic N) is 4. The van der Waals surface area contributed by atoms with Crippen molar-refractivity contribution in [1.29, 1.82) is 0 Å². The lowest BCUT2D eigenvalue weighted by Crippen LogP contribution is -2.34. The lowest BCUT2D eigenvalue weighted by atomic mass is 9.95. The molecule has 0 unspecified atom stereocenters. The highest BCUT2D eigenvalue weighted by atomic mass is 35.5. The third kappa shape index (κ3) is 4.03. The van der Waals surface area contributed by atoms with E-state index in [9.17, 15) is 18.0 Å². The number of nitrogens with one attached hydrogen (secondary N) is 1. The minimum absolute atomic E-state index is 0. The van der Waals surface area contributed by atoms with Crippen molar-refractivity contribution in [2.75, 3.05) is 24.5 Å². The number of aryl methyl sites for hydroxylation is 1. The van der Waals surface area contributed by atoms with Gasteiger partial charge in [0, 0.05) is 43.8 Å². The van der Waals surface area contributed by atoms with Crippen LogP contribution in [0, 0.1) is 12.8 Å². The van der Waals surface area contributed by atoms with Gasteiger partial charge < -0.3 is 15.1 Å². The fourth-order valence-corrected chi connectivity index (χ4v) is 5.01. The monoisotopic (exact) mass is 467 g/mol. The molecule has 1 amide bonds. The molecule has 1 atom stereocenters. The number of carbonyl (C=O) groups excluding carboxylic acids is 1. The molecular formula is C22H25ClF3N5O. The second kappa shape index (κ2) is 8.51. The Balaban J connectivity index is 0.00000245. The number of fused-ring (bicyclic) bond motifs is 3. The summed E-state index contributed by atoms with van der Waals surface area (Å²) in [4.78, 5) is 25.1. The van der Waals surface area contributed by atoms with Gasteiger partial charge in [-0.25, -0.2) is 0 Å². The first kappa shape index (κ1) is 22.8. The number of aromatic nitrogens is 2. The number of hydrogen-bond acceptors (Lipinski definition) is 5. The van der Waals surface area contributed by atoms with Crippen LogP contribution in [0.5, 0.6) is 0 Å². The van der Waals surface area contributed by atoms with E-state index in [1.54, 1.807) is 6.07 Å². The van der Waals surface area contributed by atoms with Crippen molar-refractivity contribution in [3.05, 3.63) is 52.1 Å². The molecule has 2 aromatic rings. The van der Waals surface area contributed by atoms with Crippen molar-refractivity contribution in [2.45, 2.75) is 45.6 Å². The molecule has 1 N–H and O–H groups in total. The van der Waals surface area contributed by atoms with Gasteiger partial charge in [0.05, 0.1) is 18.2 Å². The second-order valence-corrected chi connectivity index (χ2v) is 8.53. The third-order valence-corrected chi connectivity index (χ3v) is 6.61. The van der Waals surface area contributed by atoms with Crippen molar-refractivity contribution in [3.63, 3.8) is 0 Å². The third-order valence-electron chi connectivity index (χ3n) is 6.61. The molecule has 0 aromatic carbocycles. The fourth-order valence-electron chi connectivity index (χ4n) is 5.01. The average molecular weight is 468 g/mol. The molecule has 5 rings (SSSR count). The number of alkyl halides is 3. The fraction of sp³-hybridized carbons (Fsp3) is 0.500. The summed E-state index contributed by atoms with van der Waals surface area (Å²) in [6, 6.07) is 2.63. The molecule has 0 radical (unpaired) electrons. The molecule has 3 aliphatic heterocycles. The Morgan fingerprint density at radius 1 is 1.22 bits per heavy atom. The molecule has 6 nitrogen and oxygen atoms in total. The summed E-state index contributed by atoms with van der Waals surface area (Å²) in [6.07, 6.45) is -1.72. The molecule has 2 aromatic heterocycles. The molecule has 0 saturated carbocycles. The number of halogens is 4. The van der Waals surface area contributed by atoms with Crippen LogP contribution in [0.2, 0.25) is 0 Å². The van der Waals surface area contributed by atoms with E-state index in [1.807, 2.05) is 16.7 Å². The summed E-state index contributed by atoms with van der Waals surface area (Å²) in [6.45, 7) is 5.83. The van der Waals surface area contributed by atoms with Crippen LogP contribution < -0.4 is 10.2 Å². The lowest BCUT2D eigenvalue weighted by Gasteiger charge is -2.23. The highest BCUT2D eigenvalue weighted by Gasteiger charge is 2.37. The van der Waals surface area contributed by atoms with Crippen molar-refractivity contribution < 1.29 is 18.0 Å². The van der Waals surface area contributed by atoms with E-state index in [4.69, 9.17) is 4.98 Å². The molecule has 10 heteroatoms. The Hall–Kier alpha value is -2.39. The largest absolute Gasteiger partial charge is 0.433 e. The van der Waals surface area contributed by atoms with Crippen LogP contribution >= 0.6 is 12.4 Å². The molecule has 1 saturated heterocycles. The van der Waals surface area contributed by atoms with Gasteiger partial charge in [-0.3, -0.25) is 14.8 Å². The van der Waals surface area contributed by atoms with Crippen LogP contribution in [0.3, 0.4) is 0 Å². The van der Waals surface area contributed by atoms with E-state index in [1.165, 1.54) is 22.9 Å². The molecule has 5 heterocycles. The van der Waals surface area contributed by atoms with Gasteiger partial charge in [0.2, 0.25) is 5.91 Å². The topological polar surface area (TPSA) is 61.4 Å². The Kier molecular flexibility index (Phi) is 6.06. The van der Waals surface area contributed by atoms with E-state index in [0.717, 1.165) is 37.0 Å². The minimum atomic E-state index is -4.48. The van der Waals surface area contributed by atoms with E-state index in [0.29, 0.717) is 38.3 Å². The summed E-state index contributed by atoms with van der Waals surface area (Å²) in [5, 5.41) is 3.41. The quantitative estimate of drug-likeness (QED) is 0.734. The molecule has 32 heavy (non-hydrogen) atoms. The second-order valence-electron chi connectivity index (χ2n) is 8.53. The first-order valence-electron chi connectivity index (χ1n) is 10.6. The van der Waals surface area contributed by atoms with Crippen molar-refractivity contribution in [2.24, 2.45) is 5.92 Å². The number of carbonyl (C=O) groups is 1. The van der Waals surface area contributed by atoms with Crippen molar-refractivity contribution in [3.8, 4) is 0 Å². The number of hydrogen-bond donors (Lipinski definition) is 1. The zero-order valence-electron chi connectivity index (χ0n) is 17.7. The number of rotatable bonds is 2. The van der Waals surface area contributed by atoms with Crippen LogP contribution in [-0.2, 0) is 37.0 Å². The van der Waals surface area contributed by atoms with Gasteiger partial charge in [0.1, 0.15) is 5.69 Å². The number of anilines is 1. The normalized spacial score (nSPS) is 20.1. The smallest absolute Gasteiger partial charge is 0.371 e. The van der Waals surface area contributed by atoms with Gasteiger partial charge in [-0.05, 0) is 55.1 Å². The number of pyridine rings is 2. The van der Waals surface area contributed by atoms with Gasteiger partial charge in [0.25, 0.3) is 0 Å². The predicted octanol–water partition coefficient (Wildman–Crippen LogP) is 3.24. The number of amides is 1. The standard InChI is InChI=1S/C22H24F3N5O.ClH/c1-13-16-3-5-26-9-17(16)18-11-30(12-19(18)28-13)21(31)14-4-7-29(10-14)15-2-6-27-20(8-15)22(23,24)25;/h2,6,8,14,26H,3-5,7,9-12H2,1H3;1H/t14-;/m1./s1. The molecule has 0 bridgehead atoms. The van der Waals surface area contributed by atoms with Gasteiger partial charge in [-0.2, -0.15) is 13.2 Å². The van der Waals surface area contributed by atoms with E-state index >= 15 is 0 Å². The molecule has 1 fully saturated rings. The first-order valence-corrected chi connectivity index (χ1v) is 10.6. The molecule has 0 spiro atoms. The van der Waals surface area contributed by atoms with Gasteiger partial charge in [-0.15, -0.1) is 12.4 Å². The van der Waals surface area contributed by atoms with Crippen LogP contribution in [0.4, 0.5) is 18.9 Å². The zero-order valence-corrected chi connectivity index (χ0v) is 18.5. The van der Waals surface area contributed by atoms with Crippen LogP contribution in [0.25, 0.3) is 0 Å². The van der Waals surface area contributed by atoms with Crippen molar-refractivity contribution >= 4 is 24.0 Å². The SMILES string of the molecule is Cc1nc2c(c3c1CCNC3)CN(C(=O)[C@@H]1CCN(c3ccnc(C(F)(F)F)c3)C1)C2.Cl.